The van der Waals surface area contributed by atoms with Crippen molar-refractivity contribution >= 4 is 33.9 Å². The van der Waals surface area contributed by atoms with Gasteiger partial charge < -0.3 is 16.4 Å². The Kier molecular flexibility index (Phi) is 3.46. The quantitative estimate of drug-likeness (QED) is 0.811. The first-order valence-corrected chi connectivity index (χ1v) is 7.14. The second-order valence-electron chi connectivity index (χ2n) is 4.73. The number of carbonyl (C=O) groups excluding carboxylic acids is 1. The summed E-state index contributed by atoms with van der Waals surface area (Å²) in [6, 6.07) is 3.21. The van der Waals surface area contributed by atoms with Crippen LogP contribution < -0.4 is 16.4 Å². The zero-order valence-corrected chi connectivity index (χ0v) is 11.6. The molecule has 1 aromatic heterocycles. The molecule has 0 radical (unpaired) electrons. The third-order valence-corrected chi connectivity index (χ3v) is 3.94. The van der Waals surface area contributed by atoms with Crippen LogP contribution in [0.15, 0.2) is 18.2 Å². The zero-order valence-electron chi connectivity index (χ0n) is 10.8. The van der Waals surface area contributed by atoms with E-state index in [9.17, 15) is 13.6 Å². The minimum atomic E-state index is -0.718. The van der Waals surface area contributed by atoms with Crippen LogP contribution in [-0.2, 0) is 0 Å². The third-order valence-electron chi connectivity index (χ3n) is 2.94. The minimum absolute atomic E-state index is 0.0671. The van der Waals surface area contributed by atoms with Crippen LogP contribution in [0.4, 0.5) is 25.4 Å². The molecule has 2 aromatic rings. The summed E-state index contributed by atoms with van der Waals surface area (Å²) in [6.45, 7) is 0. The average Bonchev–Trinajstić information content (AvgIpc) is 3.16. The smallest absolute Gasteiger partial charge is 0.269 e. The van der Waals surface area contributed by atoms with Gasteiger partial charge in [0, 0.05) is 12.1 Å². The molecule has 1 heterocycles. The molecule has 3 rings (SSSR count). The van der Waals surface area contributed by atoms with E-state index in [4.69, 9.17) is 5.73 Å². The summed E-state index contributed by atoms with van der Waals surface area (Å²) in [4.78, 5) is 16.3. The maximum atomic E-state index is 13.5. The van der Waals surface area contributed by atoms with Gasteiger partial charge in [-0.2, -0.15) is 0 Å². The van der Waals surface area contributed by atoms with E-state index < -0.39 is 17.5 Å². The van der Waals surface area contributed by atoms with Crippen molar-refractivity contribution in [1.82, 2.24) is 4.98 Å². The number of rotatable bonds is 4. The summed E-state index contributed by atoms with van der Waals surface area (Å²) < 4.78 is 26.6. The number of nitrogens with one attached hydrogen (secondary N) is 2. The van der Waals surface area contributed by atoms with Gasteiger partial charge in [-0.1, -0.05) is 11.3 Å². The molecule has 5 nitrogen and oxygen atoms in total. The Labute approximate surface area is 123 Å². The average molecular weight is 310 g/mol. The molecule has 1 saturated carbocycles. The number of carbonyl (C=O) groups is 1. The maximum Gasteiger partial charge on any atom is 0.269 e. The number of nitrogens with two attached hydrogens (primary N) is 1. The number of nitrogen functional groups attached to an aromatic ring is 1. The molecule has 1 aromatic carbocycles. The molecule has 1 amide bonds. The first kappa shape index (κ1) is 13.7. The number of hydrogen-bond donors (Lipinski definition) is 3. The van der Waals surface area contributed by atoms with Gasteiger partial charge in [-0.3, -0.25) is 4.79 Å². The van der Waals surface area contributed by atoms with Gasteiger partial charge >= 0.3 is 0 Å². The van der Waals surface area contributed by atoms with Crippen LogP contribution >= 0.6 is 11.3 Å². The molecule has 1 aliphatic rings. The van der Waals surface area contributed by atoms with E-state index in [2.05, 4.69) is 15.6 Å². The lowest BCUT2D eigenvalue weighted by Gasteiger charge is -2.05. The molecule has 21 heavy (non-hydrogen) atoms. The van der Waals surface area contributed by atoms with E-state index in [-0.39, 0.29) is 16.4 Å². The molecule has 0 atom stereocenters. The van der Waals surface area contributed by atoms with Gasteiger partial charge in [0.15, 0.2) is 5.13 Å². The Morgan fingerprint density at radius 3 is 2.86 bits per heavy atom. The molecule has 0 saturated heterocycles. The standard InChI is InChI=1S/C13H12F2N4OS/c14-6-1-4-8(15)9(5-6)18-12(20)10-11(16)19-13(21-10)17-7-2-3-7/h1,4-5,7H,2-3,16H2,(H,17,19)(H,18,20). The molecule has 0 unspecified atom stereocenters. The van der Waals surface area contributed by atoms with Crippen LogP contribution in [0.3, 0.4) is 0 Å². The fourth-order valence-corrected chi connectivity index (χ4v) is 2.59. The molecule has 110 valence electrons. The predicted molar refractivity (Wildman–Crippen MR) is 77.5 cm³/mol. The van der Waals surface area contributed by atoms with Crippen molar-refractivity contribution in [3.63, 3.8) is 0 Å². The molecule has 0 spiro atoms. The topological polar surface area (TPSA) is 80.0 Å². The lowest BCUT2D eigenvalue weighted by molar-refractivity contribution is 0.103. The molecular weight excluding hydrogens is 298 g/mol. The van der Waals surface area contributed by atoms with Gasteiger partial charge in [0.25, 0.3) is 5.91 Å². The second-order valence-corrected chi connectivity index (χ2v) is 5.73. The van der Waals surface area contributed by atoms with E-state index in [1.165, 1.54) is 0 Å². The number of thiazole rings is 1. The molecule has 0 aliphatic heterocycles. The van der Waals surface area contributed by atoms with Crippen molar-refractivity contribution in [1.29, 1.82) is 0 Å². The van der Waals surface area contributed by atoms with E-state index in [0.29, 0.717) is 11.2 Å². The Morgan fingerprint density at radius 1 is 1.38 bits per heavy atom. The largest absolute Gasteiger partial charge is 0.382 e. The summed E-state index contributed by atoms with van der Waals surface area (Å²) >= 11 is 1.09. The number of halogens is 2. The van der Waals surface area contributed by atoms with Crippen LogP contribution in [0, 0.1) is 11.6 Å². The lowest BCUT2D eigenvalue weighted by Crippen LogP contribution is -2.13. The Morgan fingerprint density at radius 2 is 2.14 bits per heavy atom. The highest BCUT2D eigenvalue weighted by Crippen LogP contribution is 2.31. The van der Waals surface area contributed by atoms with Crippen LogP contribution in [-0.4, -0.2) is 16.9 Å². The number of aromatic nitrogens is 1. The summed E-state index contributed by atoms with van der Waals surface area (Å²) in [7, 11) is 0. The van der Waals surface area contributed by atoms with E-state index in [1.54, 1.807) is 0 Å². The van der Waals surface area contributed by atoms with Crippen LogP contribution in [0.25, 0.3) is 0 Å². The number of benzene rings is 1. The summed E-state index contributed by atoms with van der Waals surface area (Å²) in [5.41, 5.74) is 5.46. The van der Waals surface area contributed by atoms with Crippen molar-refractivity contribution in [2.75, 3.05) is 16.4 Å². The first-order chi connectivity index (χ1) is 10.0. The zero-order chi connectivity index (χ0) is 15.0. The van der Waals surface area contributed by atoms with Gasteiger partial charge in [0.2, 0.25) is 0 Å². The number of nitrogens with zero attached hydrogens (tertiary/aromatic N) is 1. The molecular formula is C13H12F2N4OS. The normalized spacial score (nSPS) is 14.0. The monoisotopic (exact) mass is 310 g/mol. The number of hydrogen-bond acceptors (Lipinski definition) is 5. The summed E-state index contributed by atoms with van der Waals surface area (Å²) in [5, 5.41) is 5.98. The minimum Gasteiger partial charge on any atom is -0.382 e. The fraction of sp³-hybridized carbons (Fsp3) is 0.231. The Balaban J connectivity index is 1.78. The molecule has 0 bridgehead atoms. The van der Waals surface area contributed by atoms with Gasteiger partial charge in [-0.05, 0) is 25.0 Å². The molecule has 1 aliphatic carbocycles. The van der Waals surface area contributed by atoms with Crippen LogP contribution in [0.1, 0.15) is 22.5 Å². The Hall–Kier alpha value is -2.22. The predicted octanol–water partition coefficient (Wildman–Crippen LogP) is 2.83. The van der Waals surface area contributed by atoms with Crippen molar-refractivity contribution in [3.8, 4) is 0 Å². The number of amides is 1. The van der Waals surface area contributed by atoms with Crippen molar-refractivity contribution in [2.45, 2.75) is 18.9 Å². The summed E-state index contributed by atoms with van der Waals surface area (Å²) in [5.74, 6) is -1.90. The molecule has 1 fully saturated rings. The summed E-state index contributed by atoms with van der Waals surface area (Å²) in [6.07, 6.45) is 2.13. The van der Waals surface area contributed by atoms with E-state index >= 15 is 0 Å². The van der Waals surface area contributed by atoms with Gasteiger partial charge in [0.1, 0.15) is 22.3 Å². The second kappa shape index (κ2) is 5.28. The van der Waals surface area contributed by atoms with Crippen molar-refractivity contribution in [3.05, 3.63) is 34.7 Å². The van der Waals surface area contributed by atoms with Crippen molar-refractivity contribution in [2.24, 2.45) is 0 Å². The molecule has 8 heteroatoms. The third kappa shape index (κ3) is 3.10. The van der Waals surface area contributed by atoms with Gasteiger partial charge in [-0.25, -0.2) is 13.8 Å². The Bertz CT molecular complexity index is 699. The van der Waals surface area contributed by atoms with E-state index in [0.717, 1.165) is 42.4 Å². The lowest BCUT2D eigenvalue weighted by atomic mass is 10.3. The maximum absolute atomic E-state index is 13.5. The highest BCUT2D eigenvalue weighted by atomic mass is 32.1. The molecule has 4 N–H and O–H groups in total. The SMILES string of the molecule is Nc1nc(NC2CC2)sc1C(=O)Nc1cc(F)ccc1F. The van der Waals surface area contributed by atoms with Crippen LogP contribution in [0.5, 0.6) is 0 Å². The van der Waals surface area contributed by atoms with E-state index in [1.807, 2.05) is 0 Å². The van der Waals surface area contributed by atoms with Gasteiger partial charge in [0.05, 0.1) is 5.69 Å². The van der Waals surface area contributed by atoms with Crippen LogP contribution in [0.2, 0.25) is 0 Å². The number of anilines is 3. The first-order valence-electron chi connectivity index (χ1n) is 6.32. The highest BCUT2D eigenvalue weighted by Gasteiger charge is 2.24. The van der Waals surface area contributed by atoms with Crippen molar-refractivity contribution < 1.29 is 13.6 Å². The van der Waals surface area contributed by atoms with Gasteiger partial charge in [-0.15, -0.1) is 0 Å². The fourth-order valence-electron chi connectivity index (χ4n) is 1.73. The highest BCUT2D eigenvalue weighted by molar-refractivity contribution is 7.18.